The van der Waals surface area contributed by atoms with Crippen LogP contribution in [0.3, 0.4) is 0 Å². The third-order valence-electron chi connectivity index (χ3n) is 3.40. The molecule has 2 heterocycles. The Morgan fingerprint density at radius 3 is 2.85 bits per heavy atom. The molecule has 1 N–H and O–H groups in total. The van der Waals surface area contributed by atoms with Crippen molar-refractivity contribution in [3.63, 3.8) is 0 Å². The lowest BCUT2D eigenvalue weighted by atomic mass is 10.1. The fourth-order valence-electron chi connectivity index (χ4n) is 2.24. The molecule has 0 atom stereocenters. The first-order valence-corrected chi connectivity index (χ1v) is 8.43. The van der Waals surface area contributed by atoms with Gasteiger partial charge in [-0.25, -0.2) is 9.78 Å². The second kappa shape index (κ2) is 7.87. The number of methoxy groups -OCH3 is 2. The molecule has 3 rings (SSSR count). The molecule has 26 heavy (non-hydrogen) atoms. The molecule has 9 heteroatoms. The van der Waals surface area contributed by atoms with Gasteiger partial charge in [0, 0.05) is 6.08 Å². The fraction of sp³-hybridized carbons (Fsp3) is 0.235. The normalized spacial score (nSPS) is 12.7. The van der Waals surface area contributed by atoms with Crippen molar-refractivity contribution >= 4 is 34.4 Å². The number of thiazole rings is 1. The van der Waals surface area contributed by atoms with E-state index in [4.69, 9.17) is 14.2 Å². The third kappa shape index (κ3) is 3.94. The summed E-state index contributed by atoms with van der Waals surface area (Å²) in [6.45, 7) is 0.915. The van der Waals surface area contributed by atoms with E-state index in [0.29, 0.717) is 40.5 Å². The summed E-state index contributed by atoms with van der Waals surface area (Å²) in [6, 6.07) is 3.51. The number of hydrogen-bond donors (Lipinski definition) is 1. The SMILES string of the molecule is COC(=O)c1cnc(NC(=O)/C=C/c2cc(OC)c3c(c2)OCCO3)s1. The predicted molar refractivity (Wildman–Crippen MR) is 95.1 cm³/mol. The van der Waals surface area contributed by atoms with Crippen molar-refractivity contribution in [2.24, 2.45) is 0 Å². The maximum Gasteiger partial charge on any atom is 0.349 e. The van der Waals surface area contributed by atoms with Crippen LogP contribution in [0, 0.1) is 0 Å². The molecule has 0 spiro atoms. The fourth-order valence-corrected chi connectivity index (χ4v) is 2.97. The number of carbonyl (C=O) groups excluding carboxylic acids is 2. The quantitative estimate of drug-likeness (QED) is 0.632. The average Bonchev–Trinajstić information content (AvgIpc) is 3.13. The molecule has 0 saturated heterocycles. The van der Waals surface area contributed by atoms with Gasteiger partial charge < -0.3 is 18.9 Å². The zero-order valence-corrected chi connectivity index (χ0v) is 14.9. The minimum atomic E-state index is -0.498. The molecule has 2 aromatic rings. The maximum atomic E-state index is 12.0. The summed E-state index contributed by atoms with van der Waals surface area (Å²) in [6.07, 6.45) is 4.32. The van der Waals surface area contributed by atoms with E-state index in [1.54, 1.807) is 18.2 Å². The monoisotopic (exact) mass is 376 g/mol. The van der Waals surface area contributed by atoms with Crippen LogP contribution in [0.2, 0.25) is 0 Å². The molecular formula is C17H16N2O6S. The Kier molecular flexibility index (Phi) is 5.37. The van der Waals surface area contributed by atoms with Gasteiger partial charge in [-0.05, 0) is 23.8 Å². The number of esters is 1. The highest BCUT2D eigenvalue weighted by Crippen LogP contribution is 2.40. The lowest BCUT2D eigenvalue weighted by molar-refractivity contribution is -0.111. The van der Waals surface area contributed by atoms with Crippen LogP contribution < -0.4 is 19.5 Å². The van der Waals surface area contributed by atoms with E-state index in [1.165, 1.54) is 26.5 Å². The highest BCUT2D eigenvalue weighted by atomic mass is 32.1. The molecule has 0 fully saturated rings. The first-order chi connectivity index (χ1) is 12.6. The summed E-state index contributed by atoms with van der Waals surface area (Å²) in [4.78, 5) is 27.7. The predicted octanol–water partition coefficient (Wildman–Crippen LogP) is 2.36. The number of rotatable bonds is 5. The second-order valence-electron chi connectivity index (χ2n) is 5.09. The lowest BCUT2D eigenvalue weighted by Gasteiger charge is -2.20. The Morgan fingerprint density at radius 2 is 2.08 bits per heavy atom. The molecule has 0 aliphatic carbocycles. The van der Waals surface area contributed by atoms with Crippen molar-refractivity contribution in [1.29, 1.82) is 0 Å². The Bertz CT molecular complexity index is 844. The van der Waals surface area contributed by atoms with Crippen LogP contribution in [0.15, 0.2) is 24.4 Å². The first-order valence-electron chi connectivity index (χ1n) is 7.61. The summed E-state index contributed by atoms with van der Waals surface area (Å²) >= 11 is 1.03. The van der Waals surface area contributed by atoms with Crippen molar-refractivity contribution in [2.75, 3.05) is 32.8 Å². The van der Waals surface area contributed by atoms with Gasteiger partial charge in [-0.2, -0.15) is 0 Å². The highest BCUT2D eigenvalue weighted by Gasteiger charge is 2.18. The van der Waals surface area contributed by atoms with Gasteiger partial charge in [0.15, 0.2) is 16.6 Å². The molecule has 0 radical (unpaired) electrons. The Labute approximate surface area is 153 Å². The van der Waals surface area contributed by atoms with Gasteiger partial charge in [0.05, 0.1) is 20.4 Å². The number of fused-ring (bicyclic) bond motifs is 1. The molecule has 0 bridgehead atoms. The topological polar surface area (TPSA) is 96.0 Å². The van der Waals surface area contributed by atoms with Gasteiger partial charge in [-0.3, -0.25) is 10.1 Å². The van der Waals surface area contributed by atoms with E-state index < -0.39 is 5.97 Å². The van der Waals surface area contributed by atoms with Crippen LogP contribution >= 0.6 is 11.3 Å². The van der Waals surface area contributed by atoms with Crippen molar-refractivity contribution in [2.45, 2.75) is 0 Å². The smallest absolute Gasteiger partial charge is 0.349 e. The lowest BCUT2D eigenvalue weighted by Crippen LogP contribution is -2.16. The van der Waals surface area contributed by atoms with Gasteiger partial charge in [-0.1, -0.05) is 11.3 Å². The van der Waals surface area contributed by atoms with E-state index in [9.17, 15) is 9.59 Å². The van der Waals surface area contributed by atoms with E-state index in [0.717, 1.165) is 16.9 Å². The van der Waals surface area contributed by atoms with Crippen molar-refractivity contribution < 1.29 is 28.5 Å². The third-order valence-corrected chi connectivity index (χ3v) is 4.29. The molecule has 1 aliphatic rings. The summed E-state index contributed by atoms with van der Waals surface area (Å²) in [5.41, 5.74) is 0.718. The molecule has 0 unspecified atom stereocenters. The Balaban J connectivity index is 1.70. The number of nitrogens with zero attached hydrogens (tertiary/aromatic N) is 1. The number of benzene rings is 1. The Hall–Kier alpha value is -3.07. The average molecular weight is 376 g/mol. The van der Waals surface area contributed by atoms with Crippen LogP contribution in [0.4, 0.5) is 5.13 Å². The van der Waals surface area contributed by atoms with E-state index >= 15 is 0 Å². The van der Waals surface area contributed by atoms with Crippen molar-refractivity contribution in [1.82, 2.24) is 4.98 Å². The van der Waals surface area contributed by atoms with Gasteiger partial charge in [-0.15, -0.1) is 0 Å². The number of amides is 1. The Morgan fingerprint density at radius 1 is 1.27 bits per heavy atom. The van der Waals surface area contributed by atoms with E-state index in [1.807, 2.05) is 0 Å². The molecule has 0 saturated carbocycles. The van der Waals surface area contributed by atoms with Crippen LogP contribution in [0.1, 0.15) is 15.2 Å². The number of nitrogens with one attached hydrogen (secondary N) is 1. The molecule has 1 aromatic carbocycles. The molecule has 1 aromatic heterocycles. The zero-order chi connectivity index (χ0) is 18.5. The molecular weight excluding hydrogens is 360 g/mol. The standard InChI is InChI=1S/C17H16N2O6S/c1-22-11-7-10(8-12-15(11)25-6-5-24-12)3-4-14(20)19-17-18-9-13(26-17)16(21)23-2/h3-4,7-9H,5-6H2,1-2H3,(H,18,19,20)/b4-3+. The van der Waals surface area contributed by atoms with Gasteiger partial charge in [0.2, 0.25) is 11.7 Å². The molecule has 1 amide bonds. The second-order valence-corrected chi connectivity index (χ2v) is 6.12. The first kappa shape index (κ1) is 17.7. The number of ether oxygens (including phenoxy) is 4. The van der Waals surface area contributed by atoms with Crippen LogP contribution in [0.25, 0.3) is 6.08 Å². The summed E-state index contributed by atoms with van der Waals surface area (Å²) in [5, 5.41) is 2.89. The molecule has 136 valence electrons. The van der Waals surface area contributed by atoms with E-state index in [-0.39, 0.29) is 5.91 Å². The van der Waals surface area contributed by atoms with Crippen LogP contribution in [-0.4, -0.2) is 44.3 Å². The van der Waals surface area contributed by atoms with Gasteiger partial charge in [0.1, 0.15) is 18.1 Å². The highest BCUT2D eigenvalue weighted by molar-refractivity contribution is 7.17. The zero-order valence-electron chi connectivity index (χ0n) is 14.1. The van der Waals surface area contributed by atoms with Crippen LogP contribution in [0.5, 0.6) is 17.2 Å². The molecule has 8 nitrogen and oxygen atoms in total. The molecule has 1 aliphatic heterocycles. The summed E-state index contributed by atoms with van der Waals surface area (Å²) in [7, 11) is 2.82. The minimum absolute atomic E-state index is 0.305. The van der Waals surface area contributed by atoms with Gasteiger partial charge in [0.25, 0.3) is 0 Å². The van der Waals surface area contributed by atoms with Crippen molar-refractivity contribution in [3.8, 4) is 17.2 Å². The van der Waals surface area contributed by atoms with Gasteiger partial charge >= 0.3 is 5.97 Å². The van der Waals surface area contributed by atoms with Crippen molar-refractivity contribution in [3.05, 3.63) is 34.8 Å². The number of carbonyl (C=O) groups is 2. The maximum absolute atomic E-state index is 12.0. The van der Waals surface area contributed by atoms with E-state index in [2.05, 4.69) is 15.0 Å². The number of aromatic nitrogens is 1. The van der Waals surface area contributed by atoms with Crippen LogP contribution in [-0.2, 0) is 9.53 Å². The minimum Gasteiger partial charge on any atom is -0.493 e. The number of hydrogen-bond acceptors (Lipinski definition) is 8. The largest absolute Gasteiger partial charge is 0.493 e. The summed E-state index contributed by atoms with van der Waals surface area (Å²) in [5.74, 6) is 0.771. The number of anilines is 1. The summed E-state index contributed by atoms with van der Waals surface area (Å²) < 4.78 is 21.0.